The maximum absolute atomic E-state index is 13.8. The van der Waals surface area contributed by atoms with Gasteiger partial charge in [-0.1, -0.05) is 23.8 Å². The van der Waals surface area contributed by atoms with Crippen LogP contribution in [0.15, 0.2) is 60.7 Å². The Kier molecular flexibility index (Phi) is 4.40. The van der Waals surface area contributed by atoms with Crippen molar-refractivity contribution in [3.05, 3.63) is 88.7 Å². The summed E-state index contributed by atoms with van der Waals surface area (Å²) in [5.41, 5.74) is 5.22. The van der Waals surface area contributed by atoms with E-state index in [-0.39, 0.29) is 18.0 Å². The van der Waals surface area contributed by atoms with E-state index in [0.29, 0.717) is 17.7 Å². The lowest BCUT2D eigenvalue weighted by Crippen LogP contribution is -2.18. The minimum atomic E-state index is -0.326. The van der Waals surface area contributed by atoms with E-state index >= 15 is 0 Å². The van der Waals surface area contributed by atoms with E-state index in [1.54, 1.807) is 13.2 Å². The molecule has 0 unspecified atom stereocenters. The molecule has 0 radical (unpaired) electrons. The number of nitrogens with zero attached hydrogens (tertiary/aromatic N) is 1. The molecule has 4 rings (SSSR count). The van der Waals surface area contributed by atoms with E-state index in [4.69, 9.17) is 4.74 Å². The van der Waals surface area contributed by atoms with Gasteiger partial charge in [0.25, 0.3) is 0 Å². The summed E-state index contributed by atoms with van der Waals surface area (Å²) in [4.78, 5) is 14.9. The van der Waals surface area contributed by atoms with Crippen molar-refractivity contribution in [3.63, 3.8) is 0 Å². The number of carbonyl (C=O) groups is 1. The van der Waals surface area contributed by atoms with E-state index in [0.717, 1.165) is 28.3 Å². The molecule has 0 saturated carbocycles. The standard InChI is InChI=1S/C23H20FNO2/c1-15-3-9-22-20(11-15)23(26)13-17-12-18(24)6-10-21(17)25(22)14-16-4-7-19(27-2)8-5-16/h3-12H,13-14H2,1-2H3. The number of ether oxygens (including phenoxy) is 1. The number of carbonyl (C=O) groups excluding carboxylic acids is 1. The van der Waals surface area contributed by atoms with Crippen LogP contribution in [0.5, 0.6) is 5.75 Å². The maximum atomic E-state index is 13.8. The van der Waals surface area contributed by atoms with E-state index in [2.05, 4.69) is 4.90 Å². The van der Waals surface area contributed by atoms with Gasteiger partial charge in [0, 0.05) is 24.2 Å². The molecule has 0 saturated heterocycles. The first-order valence-corrected chi connectivity index (χ1v) is 8.88. The second-order valence-electron chi connectivity index (χ2n) is 6.83. The molecule has 0 spiro atoms. The molecular formula is C23H20FNO2. The van der Waals surface area contributed by atoms with Gasteiger partial charge in [0.05, 0.1) is 12.8 Å². The van der Waals surface area contributed by atoms with Crippen molar-refractivity contribution >= 4 is 17.2 Å². The van der Waals surface area contributed by atoms with Crippen LogP contribution in [0.4, 0.5) is 15.8 Å². The Labute approximate surface area is 158 Å². The molecule has 0 N–H and O–H groups in total. The summed E-state index contributed by atoms with van der Waals surface area (Å²) < 4.78 is 19.1. The molecule has 0 atom stereocenters. The lowest BCUT2D eigenvalue weighted by atomic mass is 10.0. The van der Waals surface area contributed by atoms with Gasteiger partial charge in [-0.2, -0.15) is 0 Å². The fourth-order valence-corrected chi connectivity index (χ4v) is 3.55. The van der Waals surface area contributed by atoms with E-state index < -0.39 is 0 Å². The van der Waals surface area contributed by atoms with Crippen LogP contribution in [0.2, 0.25) is 0 Å². The van der Waals surface area contributed by atoms with Crippen LogP contribution in [-0.4, -0.2) is 12.9 Å². The number of halogens is 1. The van der Waals surface area contributed by atoms with Gasteiger partial charge in [-0.25, -0.2) is 4.39 Å². The van der Waals surface area contributed by atoms with Gasteiger partial charge in [0.15, 0.2) is 5.78 Å². The van der Waals surface area contributed by atoms with Crippen molar-refractivity contribution in [2.24, 2.45) is 0 Å². The van der Waals surface area contributed by atoms with Crippen molar-refractivity contribution in [2.75, 3.05) is 12.0 Å². The van der Waals surface area contributed by atoms with Crippen molar-refractivity contribution in [2.45, 2.75) is 19.9 Å². The lowest BCUT2D eigenvalue weighted by molar-refractivity contribution is 0.0994. The quantitative estimate of drug-likeness (QED) is 0.640. The van der Waals surface area contributed by atoms with Crippen LogP contribution in [0.25, 0.3) is 0 Å². The van der Waals surface area contributed by atoms with Gasteiger partial charge in [-0.3, -0.25) is 4.79 Å². The molecule has 136 valence electrons. The van der Waals surface area contributed by atoms with Gasteiger partial charge in [0.1, 0.15) is 11.6 Å². The highest BCUT2D eigenvalue weighted by atomic mass is 19.1. The zero-order valence-electron chi connectivity index (χ0n) is 15.3. The summed E-state index contributed by atoms with van der Waals surface area (Å²) in [6.07, 6.45) is 0.197. The smallest absolute Gasteiger partial charge is 0.169 e. The van der Waals surface area contributed by atoms with Gasteiger partial charge in [-0.15, -0.1) is 0 Å². The summed E-state index contributed by atoms with van der Waals surface area (Å²) in [6.45, 7) is 2.55. The molecule has 1 aliphatic rings. The molecule has 3 nitrogen and oxygen atoms in total. The molecule has 3 aromatic rings. The molecule has 1 aliphatic heterocycles. The average Bonchev–Trinajstić information content (AvgIpc) is 2.77. The molecule has 0 aromatic heterocycles. The van der Waals surface area contributed by atoms with Gasteiger partial charge in [-0.05, 0) is 60.5 Å². The fraction of sp³-hybridized carbons (Fsp3) is 0.174. The SMILES string of the molecule is COc1ccc(CN2c3ccc(F)cc3CC(=O)c3cc(C)ccc32)cc1. The number of hydrogen-bond acceptors (Lipinski definition) is 3. The first kappa shape index (κ1) is 17.3. The molecular weight excluding hydrogens is 341 g/mol. The first-order chi connectivity index (χ1) is 13.0. The van der Waals surface area contributed by atoms with Gasteiger partial charge in [0.2, 0.25) is 0 Å². The number of benzene rings is 3. The van der Waals surface area contributed by atoms with Gasteiger partial charge >= 0.3 is 0 Å². The van der Waals surface area contributed by atoms with Crippen LogP contribution in [-0.2, 0) is 13.0 Å². The Morgan fingerprint density at radius 3 is 2.48 bits per heavy atom. The van der Waals surface area contributed by atoms with Crippen LogP contribution < -0.4 is 9.64 Å². The van der Waals surface area contributed by atoms with Crippen molar-refractivity contribution in [3.8, 4) is 5.75 Å². The van der Waals surface area contributed by atoms with Crippen LogP contribution >= 0.6 is 0 Å². The van der Waals surface area contributed by atoms with Gasteiger partial charge < -0.3 is 9.64 Å². The summed E-state index contributed by atoms with van der Waals surface area (Å²) in [5, 5.41) is 0. The number of ketones is 1. The monoisotopic (exact) mass is 361 g/mol. The molecule has 4 heteroatoms. The predicted octanol–water partition coefficient (Wildman–Crippen LogP) is 5.22. The van der Waals surface area contributed by atoms with Crippen LogP contribution in [0.1, 0.15) is 27.0 Å². The molecule has 0 amide bonds. The zero-order chi connectivity index (χ0) is 19.0. The van der Waals surface area contributed by atoms with E-state index in [9.17, 15) is 9.18 Å². The number of fused-ring (bicyclic) bond motifs is 2. The third-order valence-corrected chi connectivity index (χ3v) is 4.93. The topological polar surface area (TPSA) is 29.5 Å². The Morgan fingerprint density at radius 2 is 1.74 bits per heavy atom. The highest BCUT2D eigenvalue weighted by Gasteiger charge is 2.26. The zero-order valence-corrected chi connectivity index (χ0v) is 15.3. The number of methoxy groups -OCH3 is 1. The Hall–Kier alpha value is -3.14. The normalized spacial score (nSPS) is 13.0. The number of Topliss-reactive ketones (excluding diaryl/α,β-unsaturated/α-hetero) is 1. The summed E-state index contributed by atoms with van der Waals surface area (Å²) in [5.74, 6) is 0.481. The largest absolute Gasteiger partial charge is 0.497 e. The summed E-state index contributed by atoms with van der Waals surface area (Å²) >= 11 is 0. The molecule has 0 aliphatic carbocycles. The molecule has 3 aromatic carbocycles. The van der Waals surface area contributed by atoms with Crippen molar-refractivity contribution in [1.29, 1.82) is 0 Å². The number of aryl methyl sites for hydroxylation is 1. The Morgan fingerprint density at radius 1 is 1.00 bits per heavy atom. The maximum Gasteiger partial charge on any atom is 0.169 e. The highest BCUT2D eigenvalue weighted by Crippen LogP contribution is 2.38. The van der Waals surface area contributed by atoms with Crippen LogP contribution in [0.3, 0.4) is 0 Å². The summed E-state index contributed by atoms with van der Waals surface area (Å²) in [7, 11) is 1.64. The first-order valence-electron chi connectivity index (χ1n) is 8.88. The molecule has 1 heterocycles. The minimum absolute atomic E-state index is 0.0118. The molecule has 0 bridgehead atoms. The van der Waals surface area contributed by atoms with Crippen molar-refractivity contribution in [1.82, 2.24) is 0 Å². The Bertz CT molecular complexity index is 1010. The number of rotatable bonds is 3. The fourth-order valence-electron chi connectivity index (χ4n) is 3.55. The third-order valence-electron chi connectivity index (χ3n) is 4.93. The second kappa shape index (κ2) is 6.88. The van der Waals surface area contributed by atoms with Crippen molar-refractivity contribution < 1.29 is 13.9 Å². The lowest BCUT2D eigenvalue weighted by Gasteiger charge is -2.27. The minimum Gasteiger partial charge on any atom is -0.497 e. The van der Waals surface area contributed by atoms with E-state index in [1.807, 2.05) is 49.4 Å². The van der Waals surface area contributed by atoms with E-state index in [1.165, 1.54) is 12.1 Å². The summed E-state index contributed by atoms with van der Waals surface area (Å²) in [6, 6.07) is 18.4. The highest BCUT2D eigenvalue weighted by molar-refractivity contribution is 6.05. The average molecular weight is 361 g/mol. The van der Waals surface area contributed by atoms with Crippen LogP contribution in [0, 0.1) is 12.7 Å². The second-order valence-corrected chi connectivity index (χ2v) is 6.83. The third kappa shape index (κ3) is 3.31. The number of anilines is 2. The molecule has 27 heavy (non-hydrogen) atoms. The predicted molar refractivity (Wildman–Crippen MR) is 104 cm³/mol. The Balaban J connectivity index is 1.85. The molecule has 0 fully saturated rings. The number of hydrogen-bond donors (Lipinski definition) is 0.